The zero-order valence-electron chi connectivity index (χ0n) is 19.0. The smallest absolute Gasteiger partial charge is 0.264 e. The second-order valence-electron chi connectivity index (χ2n) is 8.77. The number of hydrogen-bond donors (Lipinski definition) is 3. The lowest BCUT2D eigenvalue weighted by atomic mass is 10.0. The lowest BCUT2D eigenvalue weighted by Crippen LogP contribution is -2.54. The topological polar surface area (TPSA) is 159 Å². The van der Waals surface area contributed by atoms with E-state index in [-0.39, 0.29) is 42.2 Å². The Morgan fingerprint density at radius 2 is 2.00 bits per heavy atom. The molecule has 5 rings (SSSR count). The number of fused-ring (bicyclic) bond motifs is 1. The Balaban J connectivity index is 1.31. The Labute approximate surface area is 199 Å². The van der Waals surface area contributed by atoms with Crippen molar-refractivity contribution >= 4 is 35.2 Å². The van der Waals surface area contributed by atoms with E-state index in [9.17, 15) is 24.0 Å². The van der Waals surface area contributed by atoms with Crippen LogP contribution >= 0.6 is 0 Å². The van der Waals surface area contributed by atoms with Crippen LogP contribution in [0, 0.1) is 0 Å². The first kappa shape index (κ1) is 22.8. The summed E-state index contributed by atoms with van der Waals surface area (Å²) >= 11 is 0. The molecule has 2 atom stereocenters. The Kier molecular flexibility index (Phi) is 5.86. The average Bonchev–Trinajstić information content (AvgIpc) is 3.37. The highest BCUT2D eigenvalue weighted by molar-refractivity contribution is 6.26. The molecule has 2 aromatic rings. The van der Waals surface area contributed by atoms with E-state index >= 15 is 0 Å². The van der Waals surface area contributed by atoms with Crippen LogP contribution in [0.25, 0.3) is 0 Å². The summed E-state index contributed by atoms with van der Waals surface area (Å²) in [6, 6.07) is 3.51. The van der Waals surface area contributed by atoms with Gasteiger partial charge in [-0.1, -0.05) is 11.3 Å². The monoisotopic (exact) mass is 480 g/mol. The zero-order chi connectivity index (χ0) is 24.7. The maximum atomic E-state index is 13.2. The Morgan fingerprint density at radius 1 is 1.17 bits per heavy atom. The number of anilines is 1. The third kappa shape index (κ3) is 4.19. The maximum absolute atomic E-state index is 13.2. The van der Waals surface area contributed by atoms with Crippen LogP contribution in [0.2, 0.25) is 0 Å². The minimum absolute atomic E-state index is 0.0183. The number of hydrogen-bond acceptors (Lipinski definition) is 9. The number of piperazine rings is 1. The van der Waals surface area contributed by atoms with Crippen molar-refractivity contribution in [2.45, 2.75) is 31.5 Å². The molecule has 13 nitrogen and oxygen atoms in total. The number of amides is 5. The van der Waals surface area contributed by atoms with Crippen molar-refractivity contribution < 1.29 is 24.0 Å². The van der Waals surface area contributed by atoms with Crippen LogP contribution in [0.3, 0.4) is 0 Å². The van der Waals surface area contributed by atoms with Crippen LogP contribution in [-0.2, 0) is 20.9 Å². The number of imide groups is 2. The standard InChI is InChI=1S/C22H24N8O5/c1-28-8-7-23-9-16(28)14-10-29(27-26-14)11-18(32)24-13-4-2-3-12-19(13)22(35)30(21(12)34)15-5-6-17(31)25-20(15)33/h2-4,10,15-16,23H,5-9,11H2,1H3,(H,24,32)(H,25,31,33). The van der Waals surface area contributed by atoms with Gasteiger partial charge in [-0.3, -0.25) is 39.1 Å². The summed E-state index contributed by atoms with van der Waals surface area (Å²) in [6.45, 7) is 2.36. The molecule has 2 fully saturated rings. The molecule has 4 heterocycles. The average molecular weight is 480 g/mol. The molecule has 0 aliphatic carbocycles. The fraction of sp³-hybridized carbons (Fsp3) is 0.409. The normalized spacial score (nSPS) is 22.8. The molecule has 2 unspecified atom stereocenters. The first-order chi connectivity index (χ1) is 16.8. The van der Waals surface area contributed by atoms with Crippen molar-refractivity contribution in [1.29, 1.82) is 0 Å². The van der Waals surface area contributed by atoms with E-state index in [1.54, 1.807) is 12.3 Å². The van der Waals surface area contributed by atoms with Crippen LogP contribution < -0.4 is 16.0 Å². The quantitative estimate of drug-likeness (QED) is 0.451. The summed E-state index contributed by atoms with van der Waals surface area (Å²) in [5.74, 6) is -2.92. The van der Waals surface area contributed by atoms with Gasteiger partial charge in [-0.05, 0) is 25.6 Å². The Bertz CT molecular complexity index is 1240. The van der Waals surface area contributed by atoms with Gasteiger partial charge in [0.25, 0.3) is 11.8 Å². The van der Waals surface area contributed by atoms with Gasteiger partial charge in [0.2, 0.25) is 17.7 Å². The van der Waals surface area contributed by atoms with Crippen molar-refractivity contribution in [3.8, 4) is 0 Å². The van der Waals surface area contributed by atoms with Gasteiger partial charge in [-0.2, -0.15) is 0 Å². The van der Waals surface area contributed by atoms with Crippen LogP contribution in [0.1, 0.15) is 45.3 Å². The molecule has 3 aliphatic rings. The summed E-state index contributed by atoms with van der Waals surface area (Å²) < 4.78 is 1.42. The number of benzene rings is 1. The van der Waals surface area contributed by atoms with Crippen LogP contribution in [0.4, 0.5) is 5.69 Å². The highest BCUT2D eigenvalue weighted by Gasteiger charge is 2.45. The number of rotatable bonds is 5. The van der Waals surface area contributed by atoms with Gasteiger partial charge in [0.15, 0.2) is 0 Å². The van der Waals surface area contributed by atoms with Crippen LogP contribution in [0.15, 0.2) is 24.4 Å². The van der Waals surface area contributed by atoms with Gasteiger partial charge >= 0.3 is 0 Å². The van der Waals surface area contributed by atoms with Crippen LogP contribution in [-0.4, -0.2) is 87.1 Å². The van der Waals surface area contributed by atoms with Crippen LogP contribution in [0.5, 0.6) is 0 Å². The highest BCUT2D eigenvalue weighted by atomic mass is 16.2. The minimum Gasteiger partial charge on any atom is -0.324 e. The van der Waals surface area contributed by atoms with Crippen molar-refractivity contribution in [3.63, 3.8) is 0 Å². The fourth-order valence-electron chi connectivity index (χ4n) is 4.64. The molecule has 5 amide bonds. The molecule has 35 heavy (non-hydrogen) atoms. The second kappa shape index (κ2) is 9.00. The van der Waals surface area contributed by atoms with E-state index in [1.165, 1.54) is 16.8 Å². The van der Waals surface area contributed by atoms with Gasteiger partial charge < -0.3 is 10.6 Å². The van der Waals surface area contributed by atoms with Gasteiger partial charge in [0.1, 0.15) is 18.3 Å². The van der Waals surface area contributed by atoms with Crippen molar-refractivity contribution in [2.75, 3.05) is 32.0 Å². The van der Waals surface area contributed by atoms with E-state index < -0.39 is 35.6 Å². The van der Waals surface area contributed by atoms with E-state index in [0.717, 1.165) is 30.2 Å². The molecule has 0 radical (unpaired) electrons. The number of piperidine rings is 1. The second-order valence-corrected chi connectivity index (χ2v) is 8.77. The lowest BCUT2D eigenvalue weighted by molar-refractivity contribution is -0.136. The van der Waals surface area contributed by atoms with E-state index in [1.807, 2.05) is 7.05 Å². The zero-order valence-corrected chi connectivity index (χ0v) is 19.0. The summed E-state index contributed by atoms with van der Waals surface area (Å²) in [7, 11) is 2.00. The number of nitrogens with one attached hydrogen (secondary N) is 3. The van der Waals surface area contributed by atoms with E-state index in [0.29, 0.717) is 0 Å². The summed E-state index contributed by atoms with van der Waals surface area (Å²) in [5.41, 5.74) is 1.02. The molecular weight excluding hydrogens is 456 g/mol. The van der Waals surface area contributed by atoms with Crippen molar-refractivity contribution in [1.82, 2.24) is 35.4 Å². The SMILES string of the molecule is CN1CCNCC1c1cn(CC(=O)Nc2cccc3c2C(=O)N(C2CCC(=O)NC2=O)C3=O)nn1. The molecule has 13 heteroatoms. The summed E-state index contributed by atoms with van der Waals surface area (Å²) in [6.07, 6.45) is 1.79. The molecule has 3 aliphatic heterocycles. The van der Waals surface area contributed by atoms with Gasteiger partial charge in [0, 0.05) is 26.1 Å². The van der Waals surface area contributed by atoms with Crippen molar-refractivity contribution in [2.24, 2.45) is 0 Å². The molecule has 1 aromatic heterocycles. The fourth-order valence-corrected chi connectivity index (χ4v) is 4.64. The lowest BCUT2D eigenvalue weighted by Gasteiger charge is -2.31. The van der Waals surface area contributed by atoms with Crippen molar-refractivity contribution in [3.05, 3.63) is 41.2 Å². The van der Waals surface area contributed by atoms with Gasteiger partial charge in [-0.25, -0.2) is 4.68 Å². The van der Waals surface area contributed by atoms with Gasteiger partial charge in [0.05, 0.1) is 29.1 Å². The predicted octanol–water partition coefficient (Wildman–Crippen LogP) is -1.11. The minimum atomic E-state index is -1.08. The summed E-state index contributed by atoms with van der Waals surface area (Å²) in [5, 5.41) is 16.4. The number of nitrogens with zero attached hydrogens (tertiary/aromatic N) is 5. The number of likely N-dealkylation sites (N-methyl/N-ethyl adjacent to an activating group) is 1. The van der Waals surface area contributed by atoms with Gasteiger partial charge in [-0.15, -0.1) is 5.10 Å². The largest absolute Gasteiger partial charge is 0.324 e. The molecule has 0 spiro atoms. The Morgan fingerprint density at radius 3 is 2.77 bits per heavy atom. The predicted molar refractivity (Wildman–Crippen MR) is 120 cm³/mol. The number of aromatic nitrogens is 3. The molecule has 2 saturated heterocycles. The number of carbonyl (C=O) groups is 5. The highest BCUT2D eigenvalue weighted by Crippen LogP contribution is 2.32. The molecule has 1 aromatic carbocycles. The van der Waals surface area contributed by atoms with E-state index in [4.69, 9.17) is 0 Å². The third-order valence-corrected chi connectivity index (χ3v) is 6.46. The molecule has 0 saturated carbocycles. The first-order valence-corrected chi connectivity index (χ1v) is 11.3. The molecule has 0 bridgehead atoms. The van der Waals surface area contributed by atoms with E-state index in [2.05, 4.69) is 31.2 Å². The number of carbonyl (C=O) groups excluding carboxylic acids is 5. The summed E-state index contributed by atoms with van der Waals surface area (Å²) in [4.78, 5) is 65.6. The maximum Gasteiger partial charge on any atom is 0.264 e. The molecule has 182 valence electrons. The third-order valence-electron chi connectivity index (χ3n) is 6.46. The molecular formula is C22H24N8O5. The first-order valence-electron chi connectivity index (χ1n) is 11.3. The molecule has 3 N–H and O–H groups in total. The Hall–Kier alpha value is -3.97.